The van der Waals surface area contributed by atoms with Gasteiger partial charge in [-0.05, 0) is 70.5 Å². The molecule has 0 amide bonds. The normalized spacial score (nSPS) is 24.4. The molecule has 4 aromatic carbocycles. The molecule has 0 aliphatic carbocycles. The van der Waals surface area contributed by atoms with Gasteiger partial charge in [0.05, 0.1) is 25.2 Å². The molecule has 0 spiro atoms. The summed E-state index contributed by atoms with van der Waals surface area (Å²) >= 11 is 0. The molecule has 3 aliphatic heterocycles. The smallest absolute Gasteiger partial charge is 0.135 e. The van der Waals surface area contributed by atoms with Crippen molar-refractivity contribution in [1.82, 2.24) is 4.98 Å². The monoisotopic (exact) mass is 563 g/mol. The zero-order valence-corrected chi connectivity index (χ0v) is 24.1. The maximum atomic E-state index is 15.3. The predicted molar refractivity (Wildman–Crippen MR) is 166 cm³/mol. The Bertz CT molecular complexity index is 1790. The minimum atomic E-state index is -0.268. The number of nitrogens with zero attached hydrogens (tertiary/aromatic N) is 2. The number of hydrogen-bond acceptors (Lipinski definition) is 2. The predicted octanol–water partition coefficient (Wildman–Crippen LogP) is 8.90. The fourth-order valence-electron chi connectivity index (χ4n) is 8.24. The van der Waals surface area contributed by atoms with Crippen molar-refractivity contribution in [3.05, 3.63) is 114 Å². The molecule has 3 saturated heterocycles. The van der Waals surface area contributed by atoms with Crippen LogP contribution in [-0.2, 0) is 11.3 Å². The van der Waals surface area contributed by atoms with E-state index in [2.05, 4.69) is 42.8 Å². The van der Waals surface area contributed by atoms with Crippen molar-refractivity contribution in [2.75, 3.05) is 19.7 Å². The SMILES string of the molecule is C=CCO[C@H](c1ccnc2ccccc12)[C@H]1C[C@@H]2CC[N@@+]1(Cc1c3cc(F)ccc3cc3c(F)cccc13)C[C@@H]2CC. The molecule has 3 fully saturated rings. The maximum absolute atomic E-state index is 15.3. The van der Waals surface area contributed by atoms with Crippen LogP contribution in [0, 0.1) is 23.5 Å². The third-order valence-corrected chi connectivity index (χ3v) is 10.2. The first-order valence-corrected chi connectivity index (χ1v) is 15.2. The highest BCUT2D eigenvalue weighted by atomic mass is 19.1. The second kappa shape index (κ2) is 10.9. The van der Waals surface area contributed by atoms with Crippen LogP contribution in [0.4, 0.5) is 8.78 Å². The number of quaternary nitrogens is 1. The first kappa shape index (κ1) is 27.2. The zero-order chi connectivity index (χ0) is 28.8. The van der Waals surface area contributed by atoms with Crippen molar-refractivity contribution < 1.29 is 18.0 Å². The lowest BCUT2D eigenvalue weighted by molar-refractivity contribution is -0.985. The lowest BCUT2D eigenvalue weighted by Crippen LogP contribution is -2.68. The minimum Gasteiger partial charge on any atom is -0.363 e. The number of fused-ring (bicyclic) bond motifs is 6. The highest BCUT2D eigenvalue weighted by molar-refractivity contribution is 6.02. The van der Waals surface area contributed by atoms with Crippen LogP contribution in [0.25, 0.3) is 32.4 Å². The van der Waals surface area contributed by atoms with Gasteiger partial charge in [-0.1, -0.05) is 49.4 Å². The number of para-hydroxylation sites is 1. The number of aromatic nitrogens is 1. The highest BCUT2D eigenvalue weighted by Crippen LogP contribution is 2.50. The Balaban J connectivity index is 1.43. The van der Waals surface area contributed by atoms with Crippen molar-refractivity contribution in [2.24, 2.45) is 11.8 Å². The van der Waals surface area contributed by atoms with E-state index in [4.69, 9.17) is 4.74 Å². The van der Waals surface area contributed by atoms with Gasteiger partial charge in [-0.15, -0.1) is 6.58 Å². The summed E-state index contributed by atoms with van der Waals surface area (Å²) in [5, 5.41) is 4.33. The molecule has 5 heteroatoms. The topological polar surface area (TPSA) is 22.1 Å². The van der Waals surface area contributed by atoms with Crippen LogP contribution in [0.3, 0.4) is 0 Å². The molecule has 214 valence electrons. The van der Waals surface area contributed by atoms with Gasteiger partial charge in [0.1, 0.15) is 30.3 Å². The van der Waals surface area contributed by atoms with E-state index in [0.29, 0.717) is 30.4 Å². The molecule has 4 heterocycles. The second-order valence-corrected chi connectivity index (χ2v) is 12.3. The van der Waals surface area contributed by atoms with Crippen molar-refractivity contribution in [3.8, 4) is 0 Å². The molecule has 3 nitrogen and oxygen atoms in total. The molecule has 2 bridgehead atoms. The summed E-state index contributed by atoms with van der Waals surface area (Å²) in [7, 11) is 0. The first-order valence-electron chi connectivity index (χ1n) is 15.2. The second-order valence-electron chi connectivity index (χ2n) is 12.3. The molecular weight excluding hydrogens is 526 g/mol. The number of rotatable bonds is 8. The minimum absolute atomic E-state index is 0.161. The fourth-order valence-corrected chi connectivity index (χ4v) is 8.24. The molecule has 3 aliphatic rings. The highest BCUT2D eigenvalue weighted by Gasteiger charge is 2.55. The zero-order valence-electron chi connectivity index (χ0n) is 24.1. The number of hydrogen-bond donors (Lipinski definition) is 0. The van der Waals surface area contributed by atoms with Crippen LogP contribution in [0.2, 0.25) is 0 Å². The Morgan fingerprint density at radius 1 is 1.00 bits per heavy atom. The van der Waals surface area contributed by atoms with E-state index in [-0.39, 0.29) is 23.8 Å². The lowest BCUT2D eigenvalue weighted by Gasteiger charge is -2.59. The van der Waals surface area contributed by atoms with Crippen LogP contribution < -0.4 is 0 Å². The fraction of sp³-hybridized carbons (Fsp3) is 0.324. The summed E-state index contributed by atoms with van der Waals surface area (Å²) < 4.78 is 37.6. The molecule has 42 heavy (non-hydrogen) atoms. The van der Waals surface area contributed by atoms with Gasteiger partial charge in [0.2, 0.25) is 0 Å². The standard InChI is InChI=1S/C37H37F2N2O/c1-3-18-42-37(30-14-16-40-35-11-6-5-8-29(30)35)36-20-25-15-17-41(36,22-24(25)4-2)23-33-28-9-7-10-34(39)32(28)19-26-12-13-27(38)21-31(26)33/h3,5-14,16,19,21,24-25,36-37H,1,4,15,17-18,20,22-23H2,2H3/q+1/t24-,25-,36+,37+,41-/m0/s1. The molecule has 0 unspecified atom stereocenters. The average molecular weight is 564 g/mol. The Hall–Kier alpha value is -3.67. The van der Waals surface area contributed by atoms with Gasteiger partial charge in [0, 0.05) is 41.3 Å². The molecule has 0 saturated carbocycles. The molecular formula is C37H37F2N2O+. The Kier molecular flexibility index (Phi) is 7.03. The summed E-state index contributed by atoms with van der Waals surface area (Å²) in [5.74, 6) is 0.743. The molecule has 5 aromatic rings. The molecule has 1 aromatic heterocycles. The van der Waals surface area contributed by atoms with Crippen LogP contribution in [0.1, 0.15) is 43.4 Å². The molecule has 0 N–H and O–H groups in total. The van der Waals surface area contributed by atoms with Crippen molar-refractivity contribution in [2.45, 2.75) is 44.9 Å². The van der Waals surface area contributed by atoms with Crippen LogP contribution >= 0.6 is 0 Å². The lowest BCUT2D eigenvalue weighted by atomic mass is 9.70. The third-order valence-electron chi connectivity index (χ3n) is 10.2. The Morgan fingerprint density at radius 2 is 1.86 bits per heavy atom. The molecule has 5 atom stereocenters. The summed E-state index contributed by atoms with van der Waals surface area (Å²) in [4.78, 5) is 4.64. The number of piperidine rings is 3. The van der Waals surface area contributed by atoms with Crippen LogP contribution in [0.15, 0.2) is 91.6 Å². The summed E-state index contributed by atoms with van der Waals surface area (Å²) in [6.45, 7) is 9.47. The quantitative estimate of drug-likeness (QED) is 0.107. The van der Waals surface area contributed by atoms with E-state index in [1.165, 1.54) is 12.1 Å². The van der Waals surface area contributed by atoms with E-state index in [0.717, 1.165) is 75.0 Å². The maximum Gasteiger partial charge on any atom is 0.135 e. The number of benzene rings is 4. The van der Waals surface area contributed by atoms with Gasteiger partial charge in [-0.25, -0.2) is 8.78 Å². The van der Waals surface area contributed by atoms with Crippen molar-refractivity contribution >= 4 is 32.4 Å². The van der Waals surface area contributed by atoms with Gasteiger partial charge in [0.15, 0.2) is 0 Å². The van der Waals surface area contributed by atoms with Crippen LogP contribution in [-0.4, -0.2) is 35.2 Å². The van der Waals surface area contributed by atoms with E-state index < -0.39 is 0 Å². The van der Waals surface area contributed by atoms with E-state index in [1.807, 2.05) is 30.5 Å². The summed E-state index contributed by atoms with van der Waals surface area (Å²) in [5.41, 5.74) is 3.15. The van der Waals surface area contributed by atoms with E-state index in [9.17, 15) is 4.39 Å². The Morgan fingerprint density at radius 3 is 2.71 bits per heavy atom. The molecule has 0 radical (unpaired) electrons. The van der Waals surface area contributed by atoms with E-state index >= 15 is 4.39 Å². The van der Waals surface area contributed by atoms with Gasteiger partial charge < -0.3 is 9.22 Å². The average Bonchev–Trinajstić information content (AvgIpc) is 3.02. The number of halogens is 2. The van der Waals surface area contributed by atoms with Gasteiger partial charge in [-0.3, -0.25) is 4.98 Å². The largest absolute Gasteiger partial charge is 0.363 e. The summed E-state index contributed by atoms with van der Waals surface area (Å²) in [6, 6.07) is 22.6. The van der Waals surface area contributed by atoms with Gasteiger partial charge in [-0.2, -0.15) is 0 Å². The van der Waals surface area contributed by atoms with E-state index in [1.54, 1.807) is 18.2 Å². The first-order chi connectivity index (χ1) is 20.5. The van der Waals surface area contributed by atoms with Crippen LogP contribution in [0.5, 0.6) is 0 Å². The van der Waals surface area contributed by atoms with Crippen molar-refractivity contribution in [3.63, 3.8) is 0 Å². The molecule has 8 rings (SSSR count). The third kappa shape index (κ3) is 4.50. The summed E-state index contributed by atoms with van der Waals surface area (Å²) in [6.07, 6.45) is 6.91. The number of ether oxygens (including phenoxy) is 1. The van der Waals surface area contributed by atoms with Gasteiger partial charge >= 0.3 is 0 Å². The Labute approximate surface area is 246 Å². The number of pyridine rings is 1. The van der Waals surface area contributed by atoms with Crippen molar-refractivity contribution in [1.29, 1.82) is 0 Å². The van der Waals surface area contributed by atoms with Gasteiger partial charge in [0.25, 0.3) is 0 Å².